The highest BCUT2D eigenvalue weighted by Gasteiger charge is 2.52. The van der Waals surface area contributed by atoms with Crippen molar-refractivity contribution in [3.05, 3.63) is 64.2 Å². The fraction of sp³-hybridized carbons (Fsp3) is 0.391. The summed E-state index contributed by atoms with van der Waals surface area (Å²) < 4.78 is 6.70. The predicted octanol–water partition coefficient (Wildman–Crippen LogP) is 4.53. The van der Waals surface area contributed by atoms with Gasteiger partial charge in [-0.05, 0) is 30.2 Å². The number of carbonyl (C=O) groups excluding carboxylic acids is 1. The van der Waals surface area contributed by atoms with Crippen LogP contribution >= 0.6 is 11.6 Å². The molecule has 2 aromatic carbocycles. The number of para-hydroxylation sites is 1. The van der Waals surface area contributed by atoms with Crippen molar-refractivity contribution in [2.75, 3.05) is 13.1 Å². The van der Waals surface area contributed by atoms with Crippen LogP contribution in [0, 0.1) is 6.92 Å². The Morgan fingerprint density at radius 2 is 1.90 bits per heavy atom. The number of hydrogen-bond donors (Lipinski definition) is 0. The smallest absolute Gasteiger partial charge is 0.219 e. The fourth-order valence-electron chi connectivity index (χ4n) is 4.76. The van der Waals surface area contributed by atoms with E-state index in [2.05, 4.69) is 30.1 Å². The Kier molecular flexibility index (Phi) is 4.32. The number of halogens is 1. The van der Waals surface area contributed by atoms with Crippen LogP contribution in [-0.2, 0) is 4.79 Å². The lowest BCUT2D eigenvalue weighted by Crippen LogP contribution is -2.59. The van der Waals surface area contributed by atoms with Crippen molar-refractivity contribution in [2.45, 2.75) is 44.9 Å². The van der Waals surface area contributed by atoms with Gasteiger partial charge in [0.25, 0.3) is 0 Å². The summed E-state index contributed by atoms with van der Waals surface area (Å²) in [5.41, 5.74) is 3.98. The molecule has 3 aliphatic heterocycles. The number of aryl methyl sites for hydroxylation is 1. The molecule has 3 heterocycles. The first-order valence-electron chi connectivity index (χ1n) is 10.1. The molecule has 6 heteroatoms. The Bertz CT molecular complexity index is 994. The molecule has 5 nitrogen and oxygen atoms in total. The quantitative estimate of drug-likeness (QED) is 0.695. The molecular formula is C23H24ClN3O2. The second kappa shape index (κ2) is 6.77. The van der Waals surface area contributed by atoms with E-state index in [1.165, 1.54) is 5.56 Å². The third-order valence-corrected chi connectivity index (χ3v) is 6.64. The van der Waals surface area contributed by atoms with Gasteiger partial charge in [0.05, 0.1) is 11.8 Å². The van der Waals surface area contributed by atoms with Gasteiger partial charge in [0.15, 0.2) is 0 Å². The van der Waals surface area contributed by atoms with E-state index in [9.17, 15) is 4.79 Å². The maximum absolute atomic E-state index is 11.8. The summed E-state index contributed by atoms with van der Waals surface area (Å²) in [6.45, 7) is 5.11. The Morgan fingerprint density at radius 3 is 2.59 bits per heavy atom. The van der Waals surface area contributed by atoms with Crippen LogP contribution in [0.15, 0.2) is 47.6 Å². The number of ether oxygens (including phenoxy) is 1. The van der Waals surface area contributed by atoms with Crippen molar-refractivity contribution in [2.24, 2.45) is 5.10 Å². The van der Waals surface area contributed by atoms with E-state index in [0.717, 1.165) is 46.9 Å². The monoisotopic (exact) mass is 409 g/mol. The van der Waals surface area contributed by atoms with Crippen molar-refractivity contribution < 1.29 is 9.53 Å². The summed E-state index contributed by atoms with van der Waals surface area (Å²) >= 11 is 6.08. The summed E-state index contributed by atoms with van der Waals surface area (Å²) in [7, 11) is 0. The Labute approximate surface area is 175 Å². The minimum Gasteiger partial charge on any atom is -0.466 e. The van der Waals surface area contributed by atoms with Crippen LogP contribution in [0.2, 0.25) is 5.02 Å². The fourth-order valence-corrected chi connectivity index (χ4v) is 4.89. The number of hydrogen-bond acceptors (Lipinski definition) is 4. The van der Waals surface area contributed by atoms with Gasteiger partial charge in [-0.1, -0.05) is 41.9 Å². The number of piperidine rings is 1. The Hall–Kier alpha value is -2.53. The summed E-state index contributed by atoms with van der Waals surface area (Å²) in [6.07, 6.45) is 2.32. The van der Waals surface area contributed by atoms with Crippen LogP contribution in [0.5, 0.6) is 5.75 Å². The number of fused-ring (bicyclic) bond motifs is 4. The second-order valence-corrected chi connectivity index (χ2v) is 8.60. The summed E-state index contributed by atoms with van der Waals surface area (Å²) in [5, 5.41) is 7.97. The van der Waals surface area contributed by atoms with Gasteiger partial charge in [-0.25, -0.2) is 5.01 Å². The lowest BCUT2D eigenvalue weighted by Gasteiger charge is -2.51. The maximum Gasteiger partial charge on any atom is 0.219 e. The molecule has 0 aliphatic carbocycles. The zero-order chi connectivity index (χ0) is 20.2. The number of rotatable bonds is 1. The highest BCUT2D eigenvalue weighted by Crippen LogP contribution is 2.50. The van der Waals surface area contributed by atoms with Gasteiger partial charge in [-0.2, -0.15) is 5.10 Å². The maximum atomic E-state index is 11.8. The molecule has 5 rings (SSSR count). The molecule has 150 valence electrons. The molecule has 0 N–H and O–H groups in total. The molecule has 3 aliphatic rings. The largest absolute Gasteiger partial charge is 0.466 e. The van der Waals surface area contributed by atoms with Crippen molar-refractivity contribution in [1.29, 1.82) is 0 Å². The standard InChI is InChI=1S/C23H24ClN3O2/c1-15-4-3-5-19-21-14-20(17-6-8-18(24)9-7-17)25-27(21)23(29-22(15)19)10-12-26(13-11-23)16(2)28/h3-9,21H,10-14H2,1-2H3. The van der Waals surface area contributed by atoms with Crippen LogP contribution in [0.25, 0.3) is 0 Å². The van der Waals surface area contributed by atoms with Crippen molar-refractivity contribution in [3.8, 4) is 5.75 Å². The topological polar surface area (TPSA) is 45.1 Å². The minimum absolute atomic E-state index is 0.121. The number of nitrogens with zero attached hydrogens (tertiary/aromatic N) is 3. The highest BCUT2D eigenvalue weighted by molar-refractivity contribution is 6.30. The normalized spacial score (nSPS) is 22.0. The van der Waals surface area contributed by atoms with Gasteiger partial charge in [-0.15, -0.1) is 0 Å². The molecule has 1 spiro atoms. The molecule has 29 heavy (non-hydrogen) atoms. The van der Waals surface area contributed by atoms with Gasteiger partial charge >= 0.3 is 0 Å². The summed E-state index contributed by atoms with van der Waals surface area (Å²) in [4.78, 5) is 13.7. The van der Waals surface area contributed by atoms with E-state index in [-0.39, 0.29) is 11.9 Å². The number of carbonyl (C=O) groups is 1. The van der Waals surface area contributed by atoms with E-state index >= 15 is 0 Å². The molecule has 0 aromatic heterocycles. The molecular weight excluding hydrogens is 386 g/mol. The minimum atomic E-state index is -0.510. The van der Waals surface area contributed by atoms with E-state index < -0.39 is 5.72 Å². The van der Waals surface area contributed by atoms with Crippen LogP contribution in [-0.4, -0.2) is 40.3 Å². The number of amides is 1. The highest BCUT2D eigenvalue weighted by atomic mass is 35.5. The first-order valence-corrected chi connectivity index (χ1v) is 10.5. The number of hydrazone groups is 1. The van der Waals surface area contributed by atoms with E-state index in [1.54, 1.807) is 6.92 Å². The molecule has 1 unspecified atom stereocenters. The zero-order valence-electron chi connectivity index (χ0n) is 16.7. The molecule has 0 radical (unpaired) electrons. The SMILES string of the molecule is CC(=O)N1CCC2(CC1)Oc1c(C)cccc1C1CC(c3ccc(Cl)cc3)=NN12. The van der Waals surface area contributed by atoms with E-state index in [1.807, 2.05) is 29.2 Å². The van der Waals surface area contributed by atoms with Crippen molar-refractivity contribution in [3.63, 3.8) is 0 Å². The molecule has 1 saturated heterocycles. The van der Waals surface area contributed by atoms with Gasteiger partial charge in [0.1, 0.15) is 5.75 Å². The Morgan fingerprint density at radius 1 is 1.17 bits per heavy atom. The van der Waals surface area contributed by atoms with Gasteiger partial charge in [0.2, 0.25) is 11.6 Å². The van der Waals surface area contributed by atoms with Crippen LogP contribution in [0.3, 0.4) is 0 Å². The van der Waals surface area contributed by atoms with Gasteiger partial charge in [0, 0.05) is 49.9 Å². The average Bonchev–Trinajstić information content (AvgIpc) is 3.17. The molecule has 1 atom stereocenters. The summed E-state index contributed by atoms with van der Waals surface area (Å²) in [5.74, 6) is 1.10. The first kappa shape index (κ1) is 18.5. The molecule has 0 bridgehead atoms. The van der Waals surface area contributed by atoms with Crippen molar-refractivity contribution in [1.82, 2.24) is 9.91 Å². The zero-order valence-corrected chi connectivity index (χ0v) is 17.4. The number of likely N-dealkylation sites (tertiary alicyclic amines) is 1. The first-order chi connectivity index (χ1) is 14.0. The second-order valence-electron chi connectivity index (χ2n) is 8.17. The van der Waals surface area contributed by atoms with Gasteiger partial charge in [-0.3, -0.25) is 4.79 Å². The summed E-state index contributed by atoms with van der Waals surface area (Å²) in [6, 6.07) is 14.4. The lowest BCUT2D eigenvalue weighted by molar-refractivity contribution is -0.158. The third kappa shape index (κ3) is 2.99. The molecule has 2 aromatic rings. The predicted molar refractivity (Wildman–Crippen MR) is 113 cm³/mol. The molecule has 0 saturated carbocycles. The van der Waals surface area contributed by atoms with Crippen molar-refractivity contribution >= 4 is 23.2 Å². The van der Waals surface area contributed by atoms with Crippen LogP contribution in [0.1, 0.15) is 48.9 Å². The molecule has 1 fully saturated rings. The van der Waals surface area contributed by atoms with E-state index in [0.29, 0.717) is 13.1 Å². The van der Waals surface area contributed by atoms with Crippen LogP contribution < -0.4 is 4.74 Å². The lowest BCUT2D eigenvalue weighted by atomic mass is 9.89. The van der Waals surface area contributed by atoms with E-state index in [4.69, 9.17) is 21.4 Å². The van der Waals surface area contributed by atoms with Crippen LogP contribution in [0.4, 0.5) is 0 Å². The van der Waals surface area contributed by atoms with Gasteiger partial charge < -0.3 is 9.64 Å². The third-order valence-electron chi connectivity index (χ3n) is 6.39. The Balaban J connectivity index is 1.56. The average molecular weight is 410 g/mol. The number of benzene rings is 2. The molecule has 1 amide bonds.